The van der Waals surface area contributed by atoms with Gasteiger partial charge in [0.2, 0.25) is 0 Å². The Kier molecular flexibility index (Phi) is 6.17. The van der Waals surface area contributed by atoms with Crippen molar-refractivity contribution < 1.29 is 18.3 Å². The number of piperidine rings is 1. The summed E-state index contributed by atoms with van der Waals surface area (Å²) in [7, 11) is 0. The minimum absolute atomic E-state index is 0.0653. The molecule has 2 aromatic rings. The molecule has 2 N–H and O–H groups in total. The van der Waals surface area contributed by atoms with Crippen molar-refractivity contribution in [2.24, 2.45) is 0 Å². The maximum absolute atomic E-state index is 12.9. The lowest BCUT2D eigenvalue weighted by Gasteiger charge is -2.30. The molecule has 0 unspecified atom stereocenters. The Morgan fingerprint density at radius 2 is 1.82 bits per heavy atom. The molecule has 0 atom stereocenters. The molecule has 0 bridgehead atoms. The van der Waals surface area contributed by atoms with E-state index in [0.29, 0.717) is 6.54 Å². The van der Waals surface area contributed by atoms with Gasteiger partial charge in [0.1, 0.15) is 17.6 Å². The predicted octanol–water partition coefficient (Wildman–Crippen LogP) is 3.54. The van der Waals surface area contributed by atoms with Gasteiger partial charge in [-0.3, -0.25) is 4.90 Å². The monoisotopic (exact) mass is 390 g/mol. The number of hydrogen-bond donors (Lipinski definition) is 2. The van der Waals surface area contributed by atoms with Gasteiger partial charge in [-0.15, -0.1) is 0 Å². The first-order valence-corrected chi connectivity index (χ1v) is 9.06. The zero-order valence-electron chi connectivity index (χ0n) is 15.2. The van der Waals surface area contributed by atoms with E-state index in [2.05, 4.69) is 15.2 Å². The van der Waals surface area contributed by atoms with Crippen molar-refractivity contribution in [3.05, 3.63) is 58.8 Å². The van der Waals surface area contributed by atoms with E-state index in [1.807, 2.05) is 30.3 Å². The van der Waals surface area contributed by atoms with Gasteiger partial charge in [-0.25, -0.2) is 4.98 Å². The van der Waals surface area contributed by atoms with Crippen molar-refractivity contribution in [3.63, 3.8) is 0 Å². The largest absolute Gasteiger partial charge is 0.433 e. The molecule has 148 valence electrons. The van der Waals surface area contributed by atoms with Crippen LogP contribution in [-0.2, 0) is 19.3 Å². The Balaban J connectivity index is 1.74. The van der Waals surface area contributed by atoms with E-state index in [0.717, 1.165) is 49.2 Å². The number of likely N-dealkylation sites (tertiary alicyclic amines) is 1. The summed E-state index contributed by atoms with van der Waals surface area (Å²) in [6.07, 6.45) is -3.34. The van der Waals surface area contributed by atoms with Crippen molar-refractivity contribution in [3.8, 4) is 6.07 Å². The molecule has 1 aromatic carbocycles. The number of halogens is 3. The van der Waals surface area contributed by atoms with Crippen LogP contribution in [0.5, 0.6) is 0 Å². The Morgan fingerprint density at radius 1 is 1.14 bits per heavy atom. The van der Waals surface area contributed by atoms with Crippen LogP contribution in [0.3, 0.4) is 0 Å². The highest BCUT2D eigenvalue weighted by Crippen LogP contribution is 2.29. The molecule has 3 rings (SSSR count). The molecule has 28 heavy (non-hydrogen) atoms. The van der Waals surface area contributed by atoms with Gasteiger partial charge >= 0.3 is 6.18 Å². The van der Waals surface area contributed by atoms with Gasteiger partial charge in [0.15, 0.2) is 0 Å². The summed E-state index contributed by atoms with van der Waals surface area (Å²) in [5, 5.41) is 21.7. The van der Waals surface area contributed by atoms with E-state index < -0.39 is 11.9 Å². The second kappa shape index (κ2) is 8.59. The van der Waals surface area contributed by atoms with Crippen LogP contribution >= 0.6 is 0 Å². The topological polar surface area (TPSA) is 72.2 Å². The number of alkyl halides is 3. The highest BCUT2D eigenvalue weighted by Gasteiger charge is 2.33. The fourth-order valence-corrected chi connectivity index (χ4v) is 3.22. The first kappa shape index (κ1) is 20.1. The number of aliphatic hydroxyl groups excluding tert-OH is 1. The summed E-state index contributed by atoms with van der Waals surface area (Å²) in [5.74, 6) is -0.0757. The van der Waals surface area contributed by atoms with E-state index in [-0.39, 0.29) is 24.0 Å². The summed E-state index contributed by atoms with van der Waals surface area (Å²) in [6, 6.07) is 11.5. The number of nitrogens with zero attached hydrogens (tertiary/aromatic N) is 3. The molecular weight excluding hydrogens is 369 g/mol. The predicted molar refractivity (Wildman–Crippen MR) is 98.2 cm³/mol. The molecule has 1 aliphatic heterocycles. The van der Waals surface area contributed by atoms with Gasteiger partial charge in [0, 0.05) is 26.2 Å². The smallest absolute Gasteiger partial charge is 0.393 e. The number of nitriles is 1. The average molecular weight is 390 g/mol. The number of hydrogen-bond acceptors (Lipinski definition) is 5. The van der Waals surface area contributed by atoms with Crippen LogP contribution in [0.4, 0.5) is 19.0 Å². The second-order valence-electron chi connectivity index (χ2n) is 6.83. The molecule has 0 aliphatic carbocycles. The van der Waals surface area contributed by atoms with E-state index in [1.54, 1.807) is 0 Å². The third-order valence-corrected chi connectivity index (χ3v) is 4.82. The quantitative estimate of drug-likeness (QED) is 0.817. The van der Waals surface area contributed by atoms with Crippen LogP contribution in [0.1, 0.15) is 35.2 Å². The van der Waals surface area contributed by atoms with E-state index >= 15 is 0 Å². The standard InChI is InChI=1S/C20H21F3N4O/c21-20(22,23)18-6-5-14(11-24)19(26-18)25-12-15-3-1-2-4-16(15)13-27-9-7-17(28)8-10-27/h1-6,17,28H,7-10,12-13H2,(H,25,26). The maximum Gasteiger partial charge on any atom is 0.433 e. The number of anilines is 1. The molecule has 5 nitrogen and oxygen atoms in total. The normalized spacial score (nSPS) is 16.0. The van der Waals surface area contributed by atoms with Crippen LogP contribution in [0.25, 0.3) is 0 Å². The van der Waals surface area contributed by atoms with E-state index in [9.17, 15) is 18.3 Å². The van der Waals surface area contributed by atoms with Crippen LogP contribution < -0.4 is 5.32 Å². The minimum Gasteiger partial charge on any atom is -0.393 e. The van der Waals surface area contributed by atoms with Gasteiger partial charge in [-0.05, 0) is 36.1 Å². The van der Waals surface area contributed by atoms with Gasteiger partial charge in [-0.1, -0.05) is 24.3 Å². The lowest BCUT2D eigenvalue weighted by atomic mass is 10.0. The lowest BCUT2D eigenvalue weighted by Crippen LogP contribution is -2.35. The minimum atomic E-state index is -4.57. The Hall–Kier alpha value is -2.63. The molecule has 0 spiro atoms. The van der Waals surface area contributed by atoms with Crippen LogP contribution in [0.15, 0.2) is 36.4 Å². The fourth-order valence-electron chi connectivity index (χ4n) is 3.22. The number of nitrogens with one attached hydrogen (secondary N) is 1. The SMILES string of the molecule is N#Cc1ccc(C(F)(F)F)nc1NCc1ccccc1CN1CCC(O)CC1. The van der Waals surface area contributed by atoms with Gasteiger partial charge in [0.25, 0.3) is 0 Å². The Labute approximate surface area is 161 Å². The first-order chi connectivity index (χ1) is 13.4. The molecular formula is C20H21F3N4O. The molecule has 1 fully saturated rings. The third kappa shape index (κ3) is 5.00. The van der Waals surface area contributed by atoms with Gasteiger partial charge in [-0.2, -0.15) is 18.4 Å². The summed E-state index contributed by atoms with van der Waals surface area (Å²) < 4.78 is 38.8. The van der Waals surface area contributed by atoms with Crippen molar-refractivity contribution in [2.45, 2.75) is 38.2 Å². The van der Waals surface area contributed by atoms with Gasteiger partial charge < -0.3 is 10.4 Å². The van der Waals surface area contributed by atoms with Crippen molar-refractivity contribution in [1.82, 2.24) is 9.88 Å². The molecule has 8 heteroatoms. The van der Waals surface area contributed by atoms with Crippen molar-refractivity contribution in [2.75, 3.05) is 18.4 Å². The van der Waals surface area contributed by atoms with Crippen LogP contribution in [-0.4, -0.2) is 34.2 Å². The van der Waals surface area contributed by atoms with Crippen LogP contribution in [0, 0.1) is 11.3 Å². The number of benzene rings is 1. The van der Waals surface area contributed by atoms with Crippen molar-refractivity contribution >= 4 is 5.82 Å². The zero-order valence-corrected chi connectivity index (χ0v) is 15.2. The van der Waals surface area contributed by atoms with E-state index in [4.69, 9.17) is 5.26 Å². The highest BCUT2D eigenvalue weighted by atomic mass is 19.4. The summed E-state index contributed by atoms with van der Waals surface area (Å²) in [5.41, 5.74) is 1.01. The number of pyridine rings is 1. The molecule has 0 saturated carbocycles. The summed E-state index contributed by atoms with van der Waals surface area (Å²) in [4.78, 5) is 5.83. The molecule has 0 radical (unpaired) electrons. The fraction of sp³-hybridized carbons (Fsp3) is 0.400. The van der Waals surface area contributed by atoms with Crippen LogP contribution in [0.2, 0.25) is 0 Å². The Morgan fingerprint density at radius 3 is 2.46 bits per heavy atom. The molecule has 1 aliphatic rings. The third-order valence-electron chi connectivity index (χ3n) is 4.82. The maximum atomic E-state index is 12.9. The number of aliphatic hydroxyl groups is 1. The lowest BCUT2D eigenvalue weighted by molar-refractivity contribution is -0.141. The molecule has 2 heterocycles. The average Bonchev–Trinajstić information content (AvgIpc) is 2.68. The van der Waals surface area contributed by atoms with Gasteiger partial charge in [0.05, 0.1) is 11.7 Å². The number of aromatic nitrogens is 1. The van der Waals surface area contributed by atoms with E-state index in [1.165, 1.54) is 0 Å². The highest BCUT2D eigenvalue weighted by molar-refractivity contribution is 5.53. The van der Waals surface area contributed by atoms with Crippen molar-refractivity contribution in [1.29, 1.82) is 5.26 Å². The first-order valence-electron chi connectivity index (χ1n) is 9.06. The summed E-state index contributed by atoms with van der Waals surface area (Å²) in [6.45, 7) is 2.56. The number of rotatable bonds is 5. The Bertz CT molecular complexity index is 855. The molecule has 0 amide bonds. The molecule has 1 saturated heterocycles. The second-order valence-corrected chi connectivity index (χ2v) is 6.83. The molecule has 1 aromatic heterocycles. The zero-order chi connectivity index (χ0) is 20.1. The summed E-state index contributed by atoms with van der Waals surface area (Å²) >= 11 is 0.